The van der Waals surface area contributed by atoms with Gasteiger partial charge in [-0.15, -0.1) is 0 Å². The number of halogens is 5. The Labute approximate surface area is 262 Å². The zero-order chi connectivity index (χ0) is 32.3. The van der Waals surface area contributed by atoms with Gasteiger partial charge >= 0.3 is 6.18 Å². The first-order chi connectivity index (χ1) is 21.4. The number of amides is 2. The molecule has 0 bridgehead atoms. The van der Waals surface area contributed by atoms with Crippen molar-refractivity contribution >= 4 is 23.4 Å². The largest absolute Gasteiger partial charge is 0.507 e. The quantitative estimate of drug-likeness (QED) is 0.222. The molecule has 0 spiro atoms. The first-order valence-corrected chi connectivity index (χ1v) is 14.6. The lowest BCUT2D eigenvalue weighted by Crippen LogP contribution is -2.55. The van der Waals surface area contributed by atoms with Gasteiger partial charge in [-0.1, -0.05) is 60.1 Å². The van der Waals surface area contributed by atoms with E-state index in [2.05, 4.69) is 10.2 Å². The fourth-order valence-electron chi connectivity index (χ4n) is 5.18. The summed E-state index contributed by atoms with van der Waals surface area (Å²) in [6, 6.07) is 19.4. The predicted molar refractivity (Wildman–Crippen MR) is 164 cm³/mol. The monoisotopic (exact) mass is 639 g/mol. The van der Waals surface area contributed by atoms with Gasteiger partial charge < -0.3 is 20.2 Å². The number of aromatic hydroxyl groups is 1. The van der Waals surface area contributed by atoms with Crippen molar-refractivity contribution < 1.29 is 32.3 Å². The molecule has 11 heteroatoms. The first kappa shape index (κ1) is 32.0. The van der Waals surface area contributed by atoms with Crippen LogP contribution in [0.3, 0.4) is 0 Å². The van der Waals surface area contributed by atoms with E-state index in [0.29, 0.717) is 37.3 Å². The highest BCUT2D eigenvalue weighted by Crippen LogP contribution is 2.32. The van der Waals surface area contributed by atoms with Crippen LogP contribution in [0.1, 0.15) is 21.5 Å². The Bertz CT molecular complexity index is 1690. The average molecular weight is 640 g/mol. The Hall–Kier alpha value is -4.41. The van der Waals surface area contributed by atoms with Gasteiger partial charge in [0.15, 0.2) is 0 Å². The molecule has 0 saturated carbocycles. The number of phenols is 1. The van der Waals surface area contributed by atoms with Crippen LogP contribution in [-0.2, 0) is 17.4 Å². The normalized spacial score (nSPS) is 14.7. The summed E-state index contributed by atoms with van der Waals surface area (Å²) in [7, 11) is 1.96. The second-order valence-corrected chi connectivity index (χ2v) is 11.4. The van der Waals surface area contributed by atoms with E-state index in [1.165, 1.54) is 42.5 Å². The molecule has 0 radical (unpaired) electrons. The van der Waals surface area contributed by atoms with E-state index in [9.17, 15) is 32.3 Å². The third-order valence-electron chi connectivity index (χ3n) is 7.85. The fourth-order valence-corrected chi connectivity index (χ4v) is 5.36. The smallest absolute Gasteiger partial charge is 0.416 e. The Morgan fingerprint density at radius 3 is 2.00 bits per heavy atom. The van der Waals surface area contributed by atoms with Crippen LogP contribution in [0.25, 0.3) is 22.3 Å². The van der Waals surface area contributed by atoms with Crippen LogP contribution in [-0.4, -0.2) is 66.0 Å². The lowest BCUT2D eigenvalue weighted by Gasteiger charge is -2.35. The number of phenolic OH excluding ortho intramolecular Hbond substituents is 1. The minimum Gasteiger partial charge on any atom is -0.507 e. The van der Waals surface area contributed by atoms with Crippen LogP contribution in [0.4, 0.5) is 17.6 Å². The van der Waals surface area contributed by atoms with E-state index >= 15 is 0 Å². The molecule has 4 aromatic carbocycles. The summed E-state index contributed by atoms with van der Waals surface area (Å²) in [6.07, 6.45) is -4.33. The number of hydrogen-bond acceptors (Lipinski definition) is 4. The maximum Gasteiger partial charge on any atom is 0.416 e. The van der Waals surface area contributed by atoms with Crippen molar-refractivity contribution in [1.29, 1.82) is 0 Å². The van der Waals surface area contributed by atoms with E-state index in [1.54, 1.807) is 11.0 Å². The van der Waals surface area contributed by atoms with Crippen molar-refractivity contribution in [2.24, 2.45) is 0 Å². The third kappa shape index (κ3) is 7.64. The Morgan fingerprint density at radius 1 is 0.844 bits per heavy atom. The van der Waals surface area contributed by atoms with Crippen molar-refractivity contribution in [3.05, 3.63) is 112 Å². The zero-order valence-electron chi connectivity index (χ0n) is 24.2. The molecule has 4 aromatic rings. The molecule has 234 valence electrons. The van der Waals surface area contributed by atoms with E-state index < -0.39 is 29.5 Å². The van der Waals surface area contributed by atoms with E-state index in [1.807, 2.05) is 31.3 Å². The molecule has 6 nitrogen and oxygen atoms in total. The standard InChI is InChI=1S/C34H30ClF4N3O3/c1-41-14-16-42(17-15-41)33(45)30(18-21-2-4-22(5-3-21)25-8-12-29(36)28(35)20-25)40-32(44)27-19-24(9-13-31(27)43)23-6-10-26(11-7-23)34(37,38)39/h2-13,19-20,30,43H,14-18H2,1H3,(H,40,44)/t30-/m0/s1. The van der Waals surface area contributed by atoms with Crippen LogP contribution in [0.5, 0.6) is 5.75 Å². The molecule has 1 fully saturated rings. The van der Waals surface area contributed by atoms with Crippen LogP contribution >= 0.6 is 11.6 Å². The van der Waals surface area contributed by atoms with Crippen molar-refractivity contribution in [2.45, 2.75) is 18.6 Å². The van der Waals surface area contributed by atoms with E-state index in [0.717, 1.165) is 28.8 Å². The third-order valence-corrected chi connectivity index (χ3v) is 8.14. The first-order valence-electron chi connectivity index (χ1n) is 14.2. The topological polar surface area (TPSA) is 72.9 Å². The lowest BCUT2D eigenvalue weighted by atomic mass is 9.98. The number of hydrogen-bond donors (Lipinski definition) is 2. The maximum absolute atomic E-state index is 13.7. The number of nitrogens with one attached hydrogen (secondary N) is 1. The Morgan fingerprint density at radius 2 is 1.40 bits per heavy atom. The van der Waals surface area contributed by atoms with Gasteiger partial charge in [0.1, 0.15) is 17.6 Å². The summed E-state index contributed by atoms with van der Waals surface area (Å²) in [6.45, 7) is 2.33. The van der Waals surface area contributed by atoms with E-state index in [-0.39, 0.29) is 28.7 Å². The van der Waals surface area contributed by atoms with Gasteiger partial charge in [-0.3, -0.25) is 9.59 Å². The number of carbonyl (C=O) groups excluding carboxylic acids is 2. The van der Waals surface area contributed by atoms with Crippen molar-refractivity contribution in [3.63, 3.8) is 0 Å². The number of piperazine rings is 1. The van der Waals surface area contributed by atoms with Crippen molar-refractivity contribution in [2.75, 3.05) is 33.2 Å². The number of benzene rings is 4. The number of nitrogens with zero attached hydrogens (tertiary/aromatic N) is 2. The Kier molecular flexibility index (Phi) is 9.45. The molecule has 1 saturated heterocycles. The molecule has 1 heterocycles. The van der Waals surface area contributed by atoms with Crippen molar-refractivity contribution in [1.82, 2.24) is 15.1 Å². The molecule has 0 unspecified atom stereocenters. The minimum absolute atomic E-state index is 0.00256. The van der Waals surface area contributed by atoms with Crippen LogP contribution in [0.2, 0.25) is 5.02 Å². The van der Waals surface area contributed by atoms with Gasteiger partial charge in [0, 0.05) is 32.6 Å². The fraction of sp³-hybridized carbons (Fsp3) is 0.235. The van der Waals surface area contributed by atoms with Crippen LogP contribution in [0, 0.1) is 5.82 Å². The molecule has 5 rings (SSSR count). The highest BCUT2D eigenvalue weighted by atomic mass is 35.5. The van der Waals surface area contributed by atoms with Gasteiger partial charge in [0.2, 0.25) is 5.91 Å². The summed E-state index contributed by atoms with van der Waals surface area (Å²) in [5.74, 6) is -1.83. The summed E-state index contributed by atoms with van der Waals surface area (Å²) < 4.78 is 52.7. The van der Waals surface area contributed by atoms with Gasteiger partial charge in [0.25, 0.3) is 5.91 Å². The maximum atomic E-state index is 13.7. The van der Waals surface area contributed by atoms with Crippen LogP contribution < -0.4 is 5.32 Å². The molecule has 1 aliphatic rings. The minimum atomic E-state index is -4.49. The van der Waals surface area contributed by atoms with Gasteiger partial charge in [-0.25, -0.2) is 4.39 Å². The molecule has 1 atom stereocenters. The molecule has 45 heavy (non-hydrogen) atoms. The average Bonchev–Trinajstić information content (AvgIpc) is 3.02. The zero-order valence-corrected chi connectivity index (χ0v) is 25.0. The number of likely N-dealkylation sites (N-methyl/N-ethyl adjacent to an activating group) is 1. The molecule has 0 aliphatic carbocycles. The highest BCUT2D eigenvalue weighted by Gasteiger charge is 2.31. The van der Waals surface area contributed by atoms with Crippen molar-refractivity contribution in [3.8, 4) is 28.0 Å². The SMILES string of the molecule is CN1CCN(C(=O)[C@H](Cc2ccc(-c3ccc(F)c(Cl)c3)cc2)NC(=O)c2cc(-c3ccc(C(F)(F)F)cc3)ccc2O)CC1. The number of carbonyl (C=O) groups is 2. The molecule has 2 amide bonds. The molecular weight excluding hydrogens is 610 g/mol. The second-order valence-electron chi connectivity index (χ2n) is 11.0. The summed E-state index contributed by atoms with van der Waals surface area (Å²) >= 11 is 5.94. The van der Waals surface area contributed by atoms with E-state index in [4.69, 9.17) is 11.6 Å². The highest BCUT2D eigenvalue weighted by molar-refractivity contribution is 6.31. The summed E-state index contributed by atoms with van der Waals surface area (Å²) in [5.41, 5.74) is 2.18. The lowest BCUT2D eigenvalue weighted by molar-refractivity contribution is -0.137. The van der Waals surface area contributed by atoms with Gasteiger partial charge in [-0.2, -0.15) is 13.2 Å². The van der Waals surface area contributed by atoms with Gasteiger partial charge in [-0.05, 0) is 71.3 Å². The molecule has 0 aromatic heterocycles. The second kappa shape index (κ2) is 13.3. The summed E-state index contributed by atoms with van der Waals surface area (Å²) in [4.78, 5) is 31.0. The summed E-state index contributed by atoms with van der Waals surface area (Å²) in [5, 5.41) is 13.3. The van der Waals surface area contributed by atoms with Crippen LogP contribution in [0.15, 0.2) is 84.9 Å². The molecular formula is C34H30ClF4N3O3. The predicted octanol–water partition coefficient (Wildman–Crippen LogP) is 6.65. The Balaban J connectivity index is 1.39. The van der Waals surface area contributed by atoms with Gasteiger partial charge in [0.05, 0.1) is 16.1 Å². The number of alkyl halides is 3. The number of rotatable bonds is 7. The molecule has 1 aliphatic heterocycles. The molecule has 2 N–H and O–H groups in total.